The van der Waals surface area contributed by atoms with Crippen LogP contribution in [0.5, 0.6) is 5.75 Å². The number of esters is 1. The van der Waals surface area contributed by atoms with Crippen LogP contribution in [-0.4, -0.2) is 25.6 Å². The molecule has 0 spiro atoms. The predicted molar refractivity (Wildman–Crippen MR) is 111 cm³/mol. The molecule has 1 N–H and O–H groups in total. The molecule has 0 atom stereocenters. The number of nitrogens with one attached hydrogen (secondary N) is 1. The first-order valence-corrected chi connectivity index (χ1v) is 9.03. The van der Waals surface area contributed by atoms with Gasteiger partial charge in [-0.2, -0.15) is 0 Å². The minimum Gasteiger partial charge on any atom is -0.481 e. The molecule has 5 nitrogen and oxygen atoms in total. The van der Waals surface area contributed by atoms with Gasteiger partial charge in [-0.3, -0.25) is 4.79 Å². The fourth-order valence-corrected chi connectivity index (χ4v) is 2.56. The quantitative estimate of drug-likeness (QED) is 0.516. The van der Waals surface area contributed by atoms with Crippen molar-refractivity contribution < 1.29 is 23.5 Å². The van der Waals surface area contributed by atoms with Gasteiger partial charge >= 0.3 is 5.97 Å². The van der Waals surface area contributed by atoms with Crippen LogP contribution in [0.2, 0.25) is 0 Å². The largest absolute Gasteiger partial charge is 0.481 e. The molecule has 3 aromatic carbocycles. The zero-order valence-electron chi connectivity index (χ0n) is 16.1. The van der Waals surface area contributed by atoms with Gasteiger partial charge in [-0.15, -0.1) is 0 Å². The minimum atomic E-state index is -0.529. The van der Waals surface area contributed by atoms with E-state index in [2.05, 4.69) is 17.2 Å². The Balaban J connectivity index is 1.64. The Labute approximate surface area is 173 Å². The lowest BCUT2D eigenvalue weighted by atomic mass is 10.1. The standard InChI is InChI=1S/C24H18FNO4/c1-29-24(28)19-8-4-6-17(14-19)12-13-18-7-5-9-20(15-18)26-23(27)16-30-22-11-3-2-10-21(22)25/h2-11,14-15H,16H2,1H3,(H,26,27). The van der Waals surface area contributed by atoms with E-state index in [0.29, 0.717) is 22.4 Å². The number of carbonyl (C=O) groups is 2. The van der Waals surface area contributed by atoms with Crippen LogP contribution in [0.25, 0.3) is 0 Å². The SMILES string of the molecule is COC(=O)c1cccc(C#Cc2cccc(NC(=O)COc3ccccc3F)c2)c1. The third-order valence-corrected chi connectivity index (χ3v) is 3.98. The zero-order chi connectivity index (χ0) is 21.3. The molecule has 0 bridgehead atoms. The Bertz CT molecular complexity index is 1130. The van der Waals surface area contributed by atoms with Gasteiger partial charge in [0, 0.05) is 16.8 Å². The lowest BCUT2D eigenvalue weighted by molar-refractivity contribution is -0.118. The number of carbonyl (C=O) groups excluding carboxylic acids is 2. The summed E-state index contributed by atoms with van der Waals surface area (Å²) < 4.78 is 23.4. The van der Waals surface area contributed by atoms with E-state index in [1.54, 1.807) is 60.7 Å². The first kappa shape index (κ1) is 20.6. The molecule has 0 radical (unpaired) electrons. The lowest BCUT2D eigenvalue weighted by Crippen LogP contribution is -2.20. The van der Waals surface area contributed by atoms with Gasteiger partial charge in [0.2, 0.25) is 0 Å². The third-order valence-electron chi connectivity index (χ3n) is 3.98. The van der Waals surface area contributed by atoms with Crippen molar-refractivity contribution in [1.29, 1.82) is 0 Å². The highest BCUT2D eigenvalue weighted by Gasteiger charge is 2.07. The number of benzene rings is 3. The van der Waals surface area contributed by atoms with Gasteiger partial charge in [0.1, 0.15) is 0 Å². The van der Waals surface area contributed by atoms with Gasteiger partial charge < -0.3 is 14.8 Å². The van der Waals surface area contributed by atoms with Gasteiger partial charge in [0.05, 0.1) is 12.7 Å². The summed E-state index contributed by atoms with van der Waals surface area (Å²) in [5, 5.41) is 2.69. The van der Waals surface area contributed by atoms with Crippen LogP contribution in [0.3, 0.4) is 0 Å². The zero-order valence-corrected chi connectivity index (χ0v) is 16.1. The molecule has 3 aromatic rings. The third kappa shape index (κ3) is 5.69. The number of amides is 1. The second-order valence-electron chi connectivity index (χ2n) is 6.17. The smallest absolute Gasteiger partial charge is 0.337 e. The van der Waals surface area contributed by atoms with Crippen molar-refractivity contribution in [2.75, 3.05) is 19.0 Å². The van der Waals surface area contributed by atoms with Crippen molar-refractivity contribution in [3.63, 3.8) is 0 Å². The van der Waals surface area contributed by atoms with Crippen molar-refractivity contribution in [2.24, 2.45) is 0 Å². The summed E-state index contributed by atoms with van der Waals surface area (Å²) in [7, 11) is 1.32. The molecule has 0 saturated heterocycles. The van der Waals surface area contributed by atoms with Gasteiger partial charge in [0.15, 0.2) is 18.2 Å². The number of para-hydroxylation sites is 1. The van der Waals surface area contributed by atoms with Gasteiger partial charge in [0.25, 0.3) is 5.91 Å². The summed E-state index contributed by atoms with van der Waals surface area (Å²) in [5.41, 5.74) is 2.28. The number of methoxy groups -OCH3 is 1. The van der Waals surface area contributed by atoms with Crippen LogP contribution in [0.4, 0.5) is 10.1 Å². The predicted octanol–water partition coefficient (Wildman–Crippen LogP) is 4.03. The van der Waals surface area contributed by atoms with Crippen molar-refractivity contribution in [3.05, 3.63) is 95.3 Å². The molecule has 6 heteroatoms. The molecular weight excluding hydrogens is 385 g/mol. The first-order valence-electron chi connectivity index (χ1n) is 9.03. The highest BCUT2D eigenvalue weighted by molar-refractivity contribution is 5.92. The molecule has 1 amide bonds. The Morgan fingerprint density at radius 1 is 0.933 bits per heavy atom. The maximum absolute atomic E-state index is 13.5. The molecule has 0 aliphatic heterocycles. The Morgan fingerprint density at radius 3 is 2.37 bits per heavy atom. The number of halogens is 1. The highest BCUT2D eigenvalue weighted by atomic mass is 19.1. The van der Waals surface area contributed by atoms with Crippen LogP contribution >= 0.6 is 0 Å². The molecule has 0 saturated carbocycles. The lowest BCUT2D eigenvalue weighted by Gasteiger charge is -2.08. The van der Waals surface area contributed by atoms with Crippen molar-refractivity contribution in [1.82, 2.24) is 0 Å². The van der Waals surface area contributed by atoms with Crippen molar-refractivity contribution >= 4 is 17.6 Å². The van der Waals surface area contributed by atoms with Crippen molar-refractivity contribution in [3.8, 4) is 17.6 Å². The summed E-state index contributed by atoms with van der Waals surface area (Å²) >= 11 is 0. The average Bonchev–Trinajstić information content (AvgIpc) is 2.77. The van der Waals surface area contributed by atoms with Crippen LogP contribution in [0.15, 0.2) is 72.8 Å². The fraction of sp³-hybridized carbons (Fsp3) is 0.0833. The van der Waals surface area contributed by atoms with Crippen molar-refractivity contribution in [2.45, 2.75) is 0 Å². The Kier molecular flexibility index (Phi) is 6.80. The van der Waals surface area contributed by atoms with Crippen LogP contribution in [0, 0.1) is 17.7 Å². The molecule has 0 aromatic heterocycles. The van der Waals surface area contributed by atoms with Crippen LogP contribution in [0.1, 0.15) is 21.5 Å². The summed E-state index contributed by atoms with van der Waals surface area (Å²) in [5.74, 6) is 4.60. The number of rotatable bonds is 5. The van der Waals surface area contributed by atoms with Gasteiger partial charge in [-0.05, 0) is 48.5 Å². The second kappa shape index (κ2) is 9.89. The molecule has 0 aliphatic carbocycles. The average molecular weight is 403 g/mol. The van der Waals surface area contributed by atoms with E-state index < -0.39 is 17.7 Å². The van der Waals surface area contributed by atoms with Crippen LogP contribution < -0.4 is 10.1 Å². The topological polar surface area (TPSA) is 64.6 Å². The summed E-state index contributed by atoms with van der Waals surface area (Å²) in [6.07, 6.45) is 0. The molecule has 0 unspecified atom stereocenters. The summed E-state index contributed by atoms with van der Waals surface area (Å²) in [6.45, 7) is -0.322. The van der Waals surface area contributed by atoms with Gasteiger partial charge in [-0.25, -0.2) is 9.18 Å². The normalized spacial score (nSPS) is 9.80. The number of hydrogen-bond acceptors (Lipinski definition) is 4. The summed E-state index contributed by atoms with van der Waals surface area (Å²) in [4.78, 5) is 23.7. The Hall–Kier alpha value is -4.11. The monoisotopic (exact) mass is 403 g/mol. The molecule has 30 heavy (non-hydrogen) atoms. The van der Waals surface area contributed by atoms with Crippen LogP contribution in [-0.2, 0) is 9.53 Å². The van der Waals surface area contributed by atoms with E-state index in [4.69, 9.17) is 9.47 Å². The van der Waals surface area contributed by atoms with E-state index >= 15 is 0 Å². The van der Waals surface area contributed by atoms with E-state index in [1.807, 2.05) is 0 Å². The molecule has 0 heterocycles. The highest BCUT2D eigenvalue weighted by Crippen LogP contribution is 2.16. The van der Waals surface area contributed by atoms with E-state index in [-0.39, 0.29) is 12.4 Å². The molecule has 0 fully saturated rings. The van der Waals surface area contributed by atoms with E-state index in [0.717, 1.165) is 0 Å². The minimum absolute atomic E-state index is 0.0152. The second-order valence-corrected chi connectivity index (χ2v) is 6.17. The molecule has 150 valence electrons. The van der Waals surface area contributed by atoms with E-state index in [9.17, 15) is 14.0 Å². The number of ether oxygens (including phenoxy) is 2. The first-order chi connectivity index (χ1) is 14.5. The maximum Gasteiger partial charge on any atom is 0.337 e. The summed E-state index contributed by atoms with van der Waals surface area (Å²) in [6, 6.07) is 19.6. The van der Waals surface area contributed by atoms with E-state index in [1.165, 1.54) is 19.2 Å². The maximum atomic E-state index is 13.5. The fourth-order valence-electron chi connectivity index (χ4n) is 2.56. The number of hydrogen-bond donors (Lipinski definition) is 1. The molecule has 3 rings (SSSR count). The molecular formula is C24H18FNO4. The molecule has 0 aliphatic rings. The van der Waals surface area contributed by atoms with Gasteiger partial charge in [-0.1, -0.05) is 36.1 Å². The number of anilines is 1. The Morgan fingerprint density at radius 2 is 1.63 bits per heavy atom.